The van der Waals surface area contributed by atoms with E-state index in [4.69, 9.17) is 9.72 Å². The lowest BCUT2D eigenvalue weighted by Gasteiger charge is -2.15. The predicted octanol–water partition coefficient (Wildman–Crippen LogP) is 5.23. The number of aromatic nitrogens is 3. The van der Waals surface area contributed by atoms with Crippen molar-refractivity contribution in [2.75, 3.05) is 12.4 Å². The molecule has 1 fully saturated rings. The zero-order valence-electron chi connectivity index (χ0n) is 19.7. The Morgan fingerprint density at radius 3 is 2.72 bits per heavy atom. The molecule has 4 heterocycles. The van der Waals surface area contributed by atoms with Crippen LogP contribution in [-0.4, -0.2) is 38.4 Å². The molecule has 1 saturated heterocycles. The number of carbonyl (C=O) groups excluding carboxylic acids is 1. The number of nitrogens with zero attached hydrogens (tertiary/aromatic N) is 3. The molecule has 4 rings (SSSR count). The maximum absolute atomic E-state index is 13.2. The summed E-state index contributed by atoms with van der Waals surface area (Å²) >= 11 is 2.90. The van der Waals surface area contributed by atoms with Crippen LogP contribution in [0, 0.1) is 27.7 Å². The van der Waals surface area contributed by atoms with Crippen LogP contribution in [0.4, 0.5) is 0 Å². The number of ether oxygens (including phenoxy) is 1. The molecule has 0 saturated carbocycles. The normalized spacial score (nSPS) is 16.5. The molecular formula is C24H31N3O3S2. The van der Waals surface area contributed by atoms with E-state index >= 15 is 0 Å². The molecule has 6 nitrogen and oxygen atoms in total. The highest BCUT2D eigenvalue weighted by Crippen LogP contribution is 2.30. The second-order valence-electron chi connectivity index (χ2n) is 8.87. The second-order valence-corrected chi connectivity index (χ2v) is 11.0. The first-order valence-corrected chi connectivity index (χ1v) is 13.0. The third-order valence-corrected chi connectivity index (χ3v) is 8.39. The highest BCUT2D eigenvalue weighted by molar-refractivity contribution is 7.99. The van der Waals surface area contributed by atoms with Crippen molar-refractivity contribution in [3.05, 3.63) is 43.8 Å². The van der Waals surface area contributed by atoms with Crippen LogP contribution in [0.3, 0.4) is 0 Å². The maximum atomic E-state index is 13.2. The van der Waals surface area contributed by atoms with E-state index in [1.807, 2.05) is 47.6 Å². The van der Waals surface area contributed by atoms with Gasteiger partial charge in [-0.2, -0.15) is 0 Å². The molecule has 1 atom stereocenters. The number of thioether (sulfide) groups is 1. The summed E-state index contributed by atoms with van der Waals surface area (Å²) in [7, 11) is 0. The van der Waals surface area contributed by atoms with Crippen LogP contribution >= 0.6 is 23.1 Å². The summed E-state index contributed by atoms with van der Waals surface area (Å²) < 4.78 is 9.70. The van der Waals surface area contributed by atoms with Crippen molar-refractivity contribution < 1.29 is 9.53 Å². The fourth-order valence-corrected chi connectivity index (χ4v) is 6.49. The van der Waals surface area contributed by atoms with E-state index in [1.54, 1.807) is 15.9 Å². The number of thiophene rings is 1. The molecule has 3 aromatic heterocycles. The third-order valence-electron chi connectivity index (χ3n) is 6.34. The van der Waals surface area contributed by atoms with Crippen LogP contribution in [0.1, 0.15) is 64.9 Å². The molecule has 0 aliphatic carbocycles. The Morgan fingerprint density at radius 1 is 1.31 bits per heavy atom. The first-order chi connectivity index (χ1) is 15.2. The Morgan fingerprint density at radius 2 is 2.06 bits per heavy atom. The first-order valence-electron chi connectivity index (χ1n) is 11.2. The van der Waals surface area contributed by atoms with Crippen molar-refractivity contribution in [2.24, 2.45) is 0 Å². The van der Waals surface area contributed by atoms with Crippen molar-refractivity contribution in [2.45, 2.75) is 78.2 Å². The van der Waals surface area contributed by atoms with E-state index in [0.717, 1.165) is 58.2 Å². The Hall–Kier alpha value is -1.90. The molecule has 172 valence electrons. The lowest BCUT2D eigenvalue weighted by atomic mass is 10.2. The fraction of sp³-hybridized carbons (Fsp3) is 0.542. The highest BCUT2D eigenvalue weighted by atomic mass is 32.2. The predicted molar refractivity (Wildman–Crippen MR) is 132 cm³/mol. The van der Waals surface area contributed by atoms with Gasteiger partial charge in [-0.3, -0.25) is 14.2 Å². The van der Waals surface area contributed by atoms with Gasteiger partial charge in [0, 0.05) is 41.0 Å². The monoisotopic (exact) mass is 473 g/mol. The van der Waals surface area contributed by atoms with Crippen LogP contribution in [0.5, 0.6) is 0 Å². The van der Waals surface area contributed by atoms with E-state index in [2.05, 4.69) is 4.57 Å². The van der Waals surface area contributed by atoms with Crippen molar-refractivity contribution in [1.82, 2.24) is 14.1 Å². The zero-order chi connectivity index (χ0) is 23.2. The van der Waals surface area contributed by atoms with E-state index in [1.165, 1.54) is 11.8 Å². The molecule has 0 bridgehead atoms. The number of hydrogen-bond donors (Lipinski definition) is 0. The van der Waals surface area contributed by atoms with Gasteiger partial charge in [0.05, 0.1) is 17.2 Å². The van der Waals surface area contributed by atoms with Gasteiger partial charge in [0.2, 0.25) is 0 Å². The number of carbonyl (C=O) groups is 1. The van der Waals surface area contributed by atoms with Crippen LogP contribution < -0.4 is 5.56 Å². The average Bonchev–Trinajstić information content (AvgIpc) is 3.42. The number of ketones is 1. The Bertz CT molecular complexity index is 1230. The van der Waals surface area contributed by atoms with Crippen LogP contribution in [-0.2, 0) is 11.3 Å². The molecule has 0 radical (unpaired) electrons. The Labute approximate surface area is 197 Å². The smallest absolute Gasteiger partial charge is 0.263 e. The molecule has 0 N–H and O–H groups in total. The van der Waals surface area contributed by atoms with Gasteiger partial charge in [-0.15, -0.1) is 11.3 Å². The first kappa shape index (κ1) is 23.3. The Kier molecular flexibility index (Phi) is 6.66. The molecule has 1 aliphatic heterocycles. The highest BCUT2D eigenvalue weighted by Gasteiger charge is 2.23. The molecular weight excluding hydrogens is 442 g/mol. The van der Waals surface area contributed by atoms with E-state index in [9.17, 15) is 9.59 Å². The molecule has 0 unspecified atom stereocenters. The number of Topliss-reactive ketones (excluding diaryl/α,β-unsaturated/α-hetero) is 1. The SMILES string of the molecule is Cc1sc2nc(SCC(=O)c3cc(C)n(C[C@@H]4CCCO4)c3C)n(C(C)C)c(=O)c2c1C. The molecule has 0 amide bonds. The molecule has 0 spiro atoms. The van der Waals surface area contributed by atoms with Gasteiger partial charge in [-0.05, 0) is 66.0 Å². The van der Waals surface area contributed by atoms with Crippen molar-refractivity contribution >= 4 is 39.1 Å². The number of fused-ring (bicyclic) bond motifs is 1. The lowest BCUT2D eigenvalue weighted by molar-refractivity contribution is 0.0957. The van der Waals surface area contributed by atoms with Gasteiger partial charge in [0.15, 0.2) is 10.9 Å². The summed E-state index contributed by atoms with van der Waals surface area (Å²) in [6, 6.07) is 1.94. The summed E-state index contributed by atoms with van der Waals surface area (Å²) in [5.74, 6) is 0.308. The van der Waals surface area contributed by atoms with Crippen LogP contribution in [0.15, 0.2) is 16.0 Å². The van der Waals surface area contributed by atoms with Crippen LogP contribution in [0.2, 0.25) is 0 Å². The molecule has 32 heavy (non-hydrogen) atoms. The van der Waals surface area contributed by atoms with Crippen molar-refractivity contribution in [3.63, 3.8) is 0 Å². The van der Waals surface area contributed by atoms with Gasteiger partial charge in [-0.1, -0.05) is 11.8 Å². The fourth-order valence-electron chi connectivity index (χ4n) is 4.41. The summed E-state index contributed by atoms with van der Waals surface area (Å²) in [6.45, 7) is 13.6. The summed E-state index contributed by atoms with van der Waals surface area (Å²) in [5, 5.41) is 1.31. The zero-order valence-corrected chi connectivity index (χ0v) is 21.3. The second kappa shape index (κ2) is 9.15. The minimum absolute atomic E-state index is 0.0171. The van der Waals surface area contributed by atoms with Gasteiger partial charge in [0.1, 0.15) is 4.83 Å². The summed E-state index contributed by atoms with van der Waals surface area (Å²) in [4.78, 5) is 33.0. The summed E-state index contributed by atoms with van der Waals surface area (Å²) in [6.07, 6.45) is 2.40. The van der Waals surface area contributed by atoms with E-state index < -0.39 is 0 Å². The largest absolute Gasteiger partial charge is 0.376 e. The van der Waals surface area contributed by atoms with E-state index in [0.29, 0.717) is 10.5 Å². The lowest BCUT2D eigenvalue weighted by Crippen LogP contribution is -2.25. The topological polar surface area (TPSA) is 66.1 Å². The van der Waals surface area contributed by atoms with Gasteiger partial charge in [0.25, 0.3) is 5.56 Å². The molecule has 3 aromatic rings. The van der Waals surface area contributed by atoms with Crippen LogP contribution in [0.25, 0.3) is 10.2 Å². The molecule has 8 heteroatoms. The Balaban J connectivity index is 1.59. The van der Waals surface area contributed by atoms with Gasteiger partial charge >= 0.3 is 0 Å². The minimum atomic E-state index is -0.0342. The average molecular weight is 474 g/mol. The molecule has 1 aliphatic rings. The molecule has 0 aromatic carbocycles. The number of hydrogen-bond acceptors (Lipinski definition) is 6. The summed E-state index contributed by atoms with van der Waals surface area (Å²) in [5.41, 5.74) is 3.79. The van der Waals surface area contributed by atoms with Gasteiger partial charge < -0.3 is 9.30 Å². The minimum Gasteiger partial charge on any atom is -0.376 e. The standard InChI is InChI=1S/C24H31N3O3S2/c1-13(2)27-23(29)21-15(4)17(6)32-22(21)25-24(27)31-12-20(28)19-10-14(3)26(16(19)5)11-18-8-7-9-30-18/h10,13,18H,7-9,11-12H2,1-6H3/t18-/m0/s1. The van der Waals surface area contributed by atoms with Crippen molar-refractivity contribution in [3.8, 4) is 0 Å². The van der Waals surface area contributed by atoms with Gasteiger partial charge in [-0.25, -0.2) is 4.98 Å². The van der Waals surface area contributed by atoms with E-state index in [-0.39, 0.29) is 29.2 Å². The quantitative estimate of drug-likeness (QED) is 0.267. The maximum Gasteiger partial charge on any atom is 0.263 e. The third kappa shape index (κ3) is 4.20. The number of rotatable bonds is 7. The van der Waals surface area contributed by atoms with Crippen molar-refractivity contribution in [1.29, 1.82) is 0 Å². The number of aryl methyl sites for hydroxylation is 3.